The van der Waals surface area contributed by atoms with E-state index in [-0.39, 0.29) is 5.91 Å². The fourth-order valence-electron chi connectivity index (χ4n) is 2.98. The number of nitrogens with zero attached hydrogens (tertiary/aromatic N) is 1. The van der Waals surface area contributed by atoms with Crippen molar-refractivity contribution < 1.29 is 14.3 Å². The number of amides is 1. The largest absolute Gasteiger partial charge is 0.493 e. The van der Waals surface area contributed by atoms with Crippen LogP contribution in [0.4, 0.5) is 5.69 Å². The molecule has 0 aliphatic carbocycles. The van der Waals surface area contributed by atoms with E-state index in [1.54, 1.807) is 25.3 Å². The lowest BCUT2D eigenvalue weighted by atomic mass is 10.0. The molecule has 0 saturated carbocycles. The third-order valence-electron chi connectivity index (χ3n) is 4.07. The summed E-state index contributed by atoms with van der Waals surface area (Å²) in [7, 11) is 1.60. The molecule has 4 nitrogen and oxygen atoms in total. The molecule has 0 bridgehead atoms. The Labute approximate surface area is 136 Å². The van der Waals surface area contributed by atoms with Crippen LogP contribution in [-0.4, -0.2) is 26.2 Å². The summed E-state index contributed by atoms with van der Waals surface area (Å²) >= 11 is 0. The average molecular weight is 311 g/mol. The van der Waals surface area contributed by atoms with Gasteiger partial charge < -0.3 is 14.4 Å². The van der Waals surface area contributed by atoms with Crippen LogP contribution in [-0.2, 0) is 6.42 Å². The van der Waals surface area contributed by atoms with Gasteiger partial charge in [0.1, 0.15) is 0 Å². The molecule has 120 valence electrons. The number of rotatable bonds is 4. The van der Waals surface area contributed by atoms with Gasteiger partial charge in [-0.25, -0.2) is 0 Å². The highest BCUT2D eigenvalue weighted by Crippen LogP contribution is 2.31. The number of anilines is 1. The first-order chi connectivity index (χ1) is 11.2. The second-order valence-electron chi connectivity index (χ2n) is 5.49. The van der Waals surface area contributed by atoms with E-state index in [2.05, 4.69) is 6.07 Å². The number of benzene rings is 2. The summed E-state index contributed by atoms with van der Waals surface area (Å²) < 4.78 is 10.9. The molecule has 0 radical (unpaired) electrons. The van der Waals surface area contributed by atoms with Crippen LogP contribution >= 0.6 is 0 Å². The van der Waals surface area contributed by atoms with Crippen LogP contribution in [0.1, 0.15) is 29.3 Å². The number of hydrogen-bond acceptors (Lipinski definition) is 3. The Morgan fingerprint density at radius 1 is 1.17 bits per heavy atom. The third kappa shape index (κ3) is 3.02. The SMILES string of the molecule is CCOc1cc(C(=O)N2CCCc3ccccc32)ccc1OC. The minimum Gasteiger partial charge on any atom is -0.493 e. The highest BCUT2D eigenvalue weighted by molar-refractivity contribution is 6.07. The van der Waals surface area contributed by atoms with Crippen LogP contribution in [0.15, 0.2) is 42.5 Å². The normalized spacial score (nSPS) is 13.4. The molecule has 23 heavy (non-hydrogen) atoms. The van der Waals surface area contributed by atoms with Crippen molar-refractivity contribution in [1.82, 2.24) is 0 Å². The van der Waals surface area contributed by atoms with Crippen molar-refractivity contribution in [2.45, 2.75) is 19.8 Å². The lowest BCUT2D eigenvalue weighted by Gasteiger charge is -2.29. The van der Waals surface area contributed by atoms with Crippen LogP contribution in [0.3, 0.4) is 0 Å². The molecule has 0 atom stereocenters. The second-order valence-corrected chi connectivity index (χ2v) is 5.49. The monoisotopic (exact) mass is 311 g/mol. The van der Waals surface area contributed by atoms with E-state index in [1.807, 2.05) is 30.0 Å². The lowest BCUT2D eigenvalue weighted by Crippen LogP contribution is -2.35. The molecule has 2 aromatic rings. The van der Waals surface area contributed by atoms with Crippen LogP contribution < -0.4 is 14.4 Å². The number of aryl methyl sites for hydroxylation is 1. The van der Waals surface area contributed by atoms with Crippen LogP contribution in [0.2, 0.25) is 0 Å². The molecule has 0 unspecified atom stereocenters. The number of carbonyl (C=O) groups is 1. The minimum absolute atomic E-state index is 0.000700. The zero-order valence-electron chi connectivity index (χ0n) is 13.5. The summed E-state index contributed by atoms with van der Waals surface area (Å²) in [6.07, 6.45) is 2.00. The van der Waals surface area contributed by atoms with E-state index in [0.717, 1.165) is 25.1 Å². The van der Waals surface area contributed by atoms with Gasteiger partial charge in [-0.05, 0) is 49.6 Å². The van der Waals surface area contributed by atoms with Gasteiger partial charge in [-0.3, -0.25) is 4.79 Å². The predicted molar refractivity (Wildman–Crippen MR) is 90.6 cm³/mol. The Bertz CT molecular complexity index is 712. The van der Waals surface area contributed by atoms with Crippen LogP contribution in [0, 0.1) is 0 Å². The molecule has 3 rings (SSSR count). The molecule has 1 aliphatic rings. The van der Waals surface area contributed by atoms with Gasteiger partial charge in [0.15, 0.2) is 11.5 Å². The molecule has 0 fully saturated rings. The Morgan fingerprint density at radius 2 is 2.00 bits per heavy atom. The maximum absolute atomic E-state index is 12.9. The van der Waals surface area contributed by atoms with E-state index >= 15 is 0 Å². The zero-order chi connectivity index (χ0) is 16.2. The van der Waals surface area contributed by atoms with Crippen molar-refractivity contribution in [3.05, 3.63) is 53.6 Å². The number of ether oxygens (including phenoxy) is 2. The Kier molecular flexibility index (Phi) is 4.51. The molecule has 1 aliphatic heterocycles. The topological polar surface area (TPSA) is 38.8 Å². The maximum atomic E-state index is 12.9. The average Bonchev–Trinajstić information content (AvgIpc) is 2.61. The van der Waals surface area contributed by atoms with Crippen molar-refractivity contribution in [2.75, 3.05) is 25.2 Å². The summed E-state index contributed by atoms with van der Waals surface area (Å²) in [5.41, 5.74) is 2.86. The first kappa shape index (κ1) is 15.4. The Balaban J connectivity index is 1.94. The lowest BCUT2D eigenvalue weighted by molar-refractivity contribution is 0.0984. The number of carbonyl (C=O) groups excluding carboxylic acids is 1. The summed E-state index contributed by atoms with van der Waals surface area (Å²) in [5, 5.41) is 0. The number of para-hydroxylation sites is 1. The van der Waals surface area contributed by atoms with E-state index in [4.69, 9.17) is 9.47 Å². The minimum atomic E-state index is 0.000700. The van der Waals surface area contributed by atoms with Crippen molar-refractivity contribution in [3.63, 3.8) is 0 Å². The number of hydrogen-bond donors (Lipinski definition) is 0. The predicted octanol–water partition coefficient (Wildman–Crippen LogP) is 3.69. The first-order valence-electron chi connectivity index (χ1n) is 7.95. The summed E-state index contributed by atoms with van der Waals surface area (Å²) in [6, 6.07) is 13.4. The third-order valence-corrected chi connectivity index (χ3v) is 4.07. The van der Waals surface area contributed by atoms with Crippen molar-refractivity contribution in [1.29, 1.82) is 0 Å². The van der Waals surface area contributed by atoms with Crippen LogP contribution in [0.5, 0.6) is 11.5 Å². The highest BCUT2D eigenvalue weighted by Gasteiger charge is 2.24. The molecule has 1 heterocycles. The molecule has 4 heteroatoms. The first-order valence-corrected chi connectivity index (χ1v) is 7.95. The van der Waals surface area contributed by atoms with E-state index in [1.165, 1.54) is 5.56 Å². The van der Waals surface area contributed by atoms with Crippen molar-refractivity contribution in [2.24, 2.45) is 0 Å². The fraction of sp³-hybridized carbons (Fsp3) is 0.316. The summed E-state index contributed by atoms with van der Waals surface area (Å²) in [6.45, 7) is 3.18. The molecular formula is C19H21NO3. The Hall–Kier alpha value is -2.49. The zero-order valence-corrected chi connectivity index (χ0v) is 13.5. The van der Waals surface area contributed by atoms with Crippen LogP contribution in [0.25, 0.3) is 0 Å². The van der Waals surface area contributed by atoms with Gasteiger partial charge in [0.05, 0.1) is 13.7 Å². The molecule has 0 aromatic heterocycles. The van der Waals surface area contributed by atoms with Gasteiger partial charge >= 0.3 is 0 Å². The van der Waals surface area contributed by atoms with Gasteiger partial charge in [-0.2, -0.15) is 0 Å². The molecule has 0 saturated heterocycles. The van der Waals surface area contributed by atoms with E-state index < -0.39 is 0 Å². The van der Waals surface area contributed by atoms with E-state index in [9.17, 15) is 4.79 Å². The van der Waals surface area contributed by atoms with E-state index in [0.29, 0.717) is 23.7 Å². The molecule has 0 spiro atoms. The van der Waals surface area contributed by atoms with Crippen molar-refractivity contribution >= 4 is 11.6 Å². The number of methoxy groups -OCH3 is 1. The second kappa shape index (κ2) is 6.73. The Morgan fingerprint density at radius 3 is 2.78 bits per heavy atom. The fourth-order valence-corrected chi connectivity index (χ4v) is 2.98. The van der Waals surface area contributed by atoms with Crippen molar-refractivity contribution in [3.8, 4) is 11.5 Å². The maximum Gasteiger partial charge on any atom is 0.258 e. The molecule has 0 N–H and O–H groups in total. The molecule has 2 aromatic carbocycles. The van der Waals surface area contributed by atoms with Gasteiger partial charge in [-0.1, -0.05) is 18.2 Å². The molecular weight excluding hydrogens is 290 g/mol. The van der Waals surface area contributed by atoms with Gasteiger partial charge in [0.2, 0.25) is 0 Å². The number of fused-ring (bicyclic) bond motifs is 1. The molecule has 1 amide bonds. The quantitative estimate of drug-likeness (QED) is 0.864. The summed E-state index contributed by atoms with van der Waals surface area (Å²) in [4.78, 5) is 14.8. The standard InChI is InChI=1S/C19H21NO3/c1-3-23-18-13-15(10-11-17(18)22-2)19(21)20-12-6-8-14-7-4-5-9-16(14)20/h4-5,7,9-11,13H,3,6,8,12H2,1-2H3. The van der Waals surface area contributed by atoms with Gasteiger partial charge in [0.25, 0.3) is 5.91 Å². The van der Waals surface area contributed by atoms with Gasteiger partial charge in [-0.15, -0.1) is 0 Å². The smallest absolute Gasteiger partial charge is 0.258 e. The summed E-state index contributed by atoms with van der Waals surface area (Å²) in [5.74, 6) is 1.24. The van der Waals surface area contributed by atoms with Gasteiger partial charge in [0, 0.05) is 17.8 Å². The highest BCUT2D eigenvalue weighted by atomic mass is 16.5.